The molecule has 0 aliphatic carbocycles. The van der Waals surface area contributed by atoms with Crippen LogP contribution in [0.15, 0.2) is 0 Å². The smallest absolute Gasteiger partial charge is 0.283 e. The summed E-state index contributed by atoms with van der Waals surface area (Å²) < 4.78 is 10.1. The number of ether oxygens (including phenoxy) is 1. The number of hydrogen-bond acceptors (Lipinski definition) is 2. The van der Waals surface area contributed by atoms with E-state index in [4.69, 9.17) is 17.4 Å². The first-order valence-electron chi connectivity index (χ1n) is 3.97. The van der Waals surface area contributed by atoms with E-state index in [0.29, 0.717) is 6.61 Å². The molecule has 0 amide bonds. The highest BCUT2D eigenvalue weighted by Crippen LogP contribution is 2.12. The van der Waals surface area contributed by atoms with E-state index in [9.17, 15) is 0 Å². The first kappa shape index (κ1) is 11.0. The van der Waals surface area contributed by atoms with E-state index in [1.807, 2.05) is 27.7 Å². The minimum Gasteiger partial charge on any atom is -0.443 e. The van der Waals surface area contributed by atoms with Crippen LogP contribution in [0.5, 0.6) is 0 Å². The van der Waals surface area contributed by atoms with E-state index in [1.165, 1.54) is 0 Å². The Morgan fingerprint density at radius 1 is 1.36 bits per heavy atom. The molecule has 0 aliphatic rings. The Hall–Kier alpha value is -0.0151. The minimum absolute atomic E-state index is 0.269. The third-order valence-electron chi connectivity index (χ3n) is 1.47. The molecular weight excluding hydrogens is 139 g/mol. The van der Waals surface area contributed by atoms with Gasteiger partial charge in [-0.3, -0.25) is 0 Å². The highest BCUT2D eigenvalue weighted by atomic mass is 16.5. The summed E-state index contributed by atoms with van der Waals surface area (Å²) in [5.74, 6) is 0. The van der Waals surface area contributed by atoms with Crippen molar-refractivity contribution in [3.63, 3.8) is 0 Å². The molecular formula is C8H17BO2. The Labute approximate surface area is 70.7 Å². The molecule has 3 heteroatoms. The third-order valence-corrected chi connectivity index (χ3v) is 1.47. The summed E-state index contributed by atoms with van der Waals surface area (Å²) in [4.78, 5) is 0. The van der Waals surface area contributed by atoms with Gasteiger partial charge in [-0.05, 0) is 34.1 Å². The van der Waals surface area contributed by atoms with Crippen molar-refractivity contribution in [1.29, 1.82) is 0 Å². The molecule has 0 aromatic rings. The largest absolute Gasteiger partial charge is 0.443 e. The monoisotopic (exact) mass is 156 g/mol. The van der Waals surface area contributed by atoms with Crippen molar-refractivity contribution in [2.24, 2.45) is 0 Å². The molecule has 0 rings (SSSR count). The van der Waals surface area contributed by atoms with Crippen LogP contribution >= 0.6 is 0 Å². The van der Waals surface area contributed by atoms with Crippen LogP contribution in [0, 0.1) is 0 Å². The Morgan fingerprint density at radius 3 is 2.27 bits per heavy atom. The number of rotatable bonds is 5. The molecule has 0 heterocycles. The van der Waals surface area contributed by atoms with Crippen LogP contribution in [0.1, 0.15) is 34.1 Å². The average Bonchev–Trinajstić information content (AvgIpc) is 1.87. The summed E-state index contributed by atoms with van der Waals surface area (Å²) in [6.07, 6.45) is 1.10. The van der Waals surface area contributed by atoms with Gasteiger partial charge >= 0.3 is 0 Å². The third kappa shape index (κ3) is 6.39. The van der Waals surface area contributed by atoms with Crippen molar-refractivity contribution in [3.05, 3.63) is 0 Å². The van der Waals surface area contributed by atoms with Crippen LogP contribution in [0.3, 0.4) is 0 Å². The highest BCUT2D eigenvalue weighted by molar-refractivity contribution is 5.98. The van der Waals surface area contributed by atoms with Crippen molar-refractivity contribution in [1.82, 2.24) is 0 Å². The van der Waals surface area contributed by atoms with E-state index in [1.54, 1.807) is 0 Å². The Kier molecular flexibility index (Phi) is 4.77. The average molecular weight is 156 g/mol. The van der Waals surface area contributed by atoms with E-state index in [2.05, 4.69) is 0 Å². The van der Waals surface area contributed by atoms with Crippen LogP contribution in [0.25, 0.3) is 0 Å². The van der Waals surface area contributed by atoms with Gasteiger partial charge in [0.25, 0.3) is 8.05 Å². The summed E-state index contributed by atoms with van der Waals surface area (Å²) in [5, 5.41) is 0. The van der Waals surface area contributed by atoms with Gasteiger partial charge < -0.3 is 9.39 Å². The van der Waals surface area contributed by atoms with Crippen LogP contribution in [-0.2, 0) is 9.39 Å². The molecule has 0 atom stereocenters. The normalized spacial score (nSPS) is 12.5. The molecule has 11 heavy (non-hydrogen) atoms. The maximum atomic E-state index is 5.34. The maximum absolute atomic E-state index is 5.34. The Morgan fingerprint density at radius 2 is 1.91 bits per heavy atom. The van der Waals surface area contributed by atoms with Crippen molar-refractivity contribution in [2.45, 2.75) is 45.8 Å². The second-order valence-corrected chi connectivity index (χ2v) is 3.55. The lowest BCUT2D eigenvalue weighted by atomic mass is 10.1. The van der Waals surface area contributed by atoms with Gasteiger partial charge in [-0.1, -0.05) is 0 Å². The topological polar surface area (TPSA) is 18.5 Å². The van der Waals surface area contributed by atoms with Gasteiger partial charge in [-0.25, -0.2) is 0 Å². The zero-order valence-corrected chi connectivity index (χ0v) is 7.89. The van der Waals surface area contributed by atoms with Gasteiger partial charge in [0.15, 0.2) is 0 Å². The van der Waals surface area contributed by atoms with Gasteiger partial charge in [-0.15, -0.1) is 0 Å². The van der Waals surface area contributed by atoms with E-state index in [0.717, 1.165) is 6.42 Å². The van der Waals surface area contributed by atoms with Crippen molar-refractivity contribution < 1.29 is 9.39 Å². The van der Waals surface area contributed by atoms with Gasteiger partial charge in [-0.2, -0.15) is 0 Å². The fourth-order valence-electron chi connectivity index (χ4n) is 0.599. The Balaban J connectivity index is 3.38. The van der Waals surface area contributed by atoms with Gasteiger partial charge in [0.2, 0.25) is 0 Å². The fourth-order valence-corrected chi connectivity index (χ4v) is 0.599. The molecule has 0 aromatic carbocycles. The molecule has 0 spiro atoms. The van der Waals surface area contributed by atoms with Gasteiger partial charge in [0, 0.05) is 12.2 Å². The predicted molar refractivity (Wildman–Crippen MR) is 46.6 cm³/mol. The molecule has 2 nitrogen and oxygen atoms in total. The fraction of sp³-hybridized carbons (Fsp3) is 1.00. The minimum atomic E-state index is -0.269. The molecule has 0 aliphatic heterocycles. The lowest BCUT2D eigenvalue weighted by molar-refractivity contribution is 0.0269. The first-order valence-corrected chi connectivity index (χ1v) is 3.97. The van der Waals surface area contributed by atoms with Crippen molar-refractivity contribution in [2.75, 3.05) is 6.61 Å². The molecule has 64 valence electrons. The summed E-state index contributed by atoms with van der Waals surface area (Å²) in [6.45, 7) is 8.60. The van der Waals surface area contributed by atoms with Crippen LogP contribution in [-0.4, -0.2) is 26.4 Å². The zero-order chi connectivity index (χ0) is 8.91. The summed E-state index contributed by atoms with van der Waals surface area (Å²) >= 11 is 0. The molecule has 0 unspecified atom stereocenters. The molecule has 0 N–H and O–H groups in total. The van der Waals surface area contributed by atoms with Crippen LogP contribution < -0.4 is 0 Å². The Bertz CT molecular complexity index is 102. The SMILES string of the molecule is [B]OC(C)(C)CCOC(C)C. The van der Waals surface area contributed by atoms with Gasteiger partial charge in [0.05, 0.1) is 6.10 Å². The summed E-state index contributed by atoms with van der Waals surface area (Å²) in [6, 6.07) is 0. The quantitative estimate of drug-likeness (QED) is 0.563. The predicted octanol–water partition coefficient (Wildman–Crippen LogP) is 1.68. The van der Waals surface area contributed by atoms with Gasteiger partial charge in [0.1, 0.15) is 0 Å². The van der Waals surface area contributed by atoms with Crippen LogP contribution in [0.4, 0.5) is 0 Å². The van der Waals surface area contributed by atoms with Crippen molar-refractivity contribution in [3.8, 4) is 0 Å². The molecule has 0 saturated carbocycles. The van der Waals surface area contributed by atoms with E-state index in [-0.39, 0.29) is 11.7 Å². The molecule has 2 radical (unpaired) electrons. The summed E-state index contributed by atoms with van der Waals surface area (Å²) in [7, 11) is 5.07. The van der Waals surface area contributed by atoms with E-state index >= 15 is 0 Å². The molecule has 0 aromatic heterocycles. The van der Waals surface area contributed by atoms with Crippen molar-refractivity contribution >= 4 is 8.05 Å². The van der Waals surface area contributed by atoms with E-state index < -0.39 is 0 Å². The van der Waals surface area contributed by atoms with Crippen LogP contribution in [0.2, 0.25) is 0 Å². The maximum Gasteiger partial charge on any atom is 0.283 e. The lowest BCUT2D eigenvalue weighted by Gasteiger charge is -2.24. The number of hydrogen-bond donors (Lipinski definition) is 0. The molecule has 0 saturated heterocycles. The molecule has 0 bridgehead atoms. The highest BCUT2D eigenvalue weighted by Gasteiger charge is 2.14. The molecule has 0 fully saturated rings. The standard InChI is InChI=1S/C8H17BO2/c1-7(2)10-6-5-8(3,4)11-9/h7H,5-6H2,1-4H3. The first-order chi connectivity index (χ1) is 4.98. The second-order valence-electron chi connectivity index (χ2n) is 3.55. The second kappa shape index (κ2) is 4.78. The lowest BCUT2D eigenvalue weighted by Crippen LogP contribution is -2.25. The zero-order valence-electron chi connectivity index (χ0n) is 7.89. The summed E-state index contributed by atoms with van der Waals surface area (Å²) in [5.41, 5.74) is -0.269.